The molecule has 3 nitrogen and oxygen atoms in total. The zero-order valence-electron chi connectivity index (χ0n) is 13.2. The van der Waals surface area contributed by atoms with Crippen LogP contribution in [-0.2, 0) is 19.5 Å². The summed E-state index contributed by atoms with van der Waals surface area (Å²) in [6, 6.07) is 0. The average molecular weight is 287 g/mol. The van der Waals surface area contributed by atoms with Gasteiger partial charge >= 0.3 is 0 Å². The molecule has 2 aliphatic carbocycles. The molecule has 1 aromatic heterocycles. The van der Waals surface area contributed by atoms with Gasteiger partial charge in [0.15, 0.2) is 0 Å². The summed E-state index contributed by atoms with van der Waals surface area (Å²) in [5, 5.41) is 3.50. The maximum atomic E-state index is 5.10. The van der Waals surface area contributed by atoms with E-state index in [2.05, 4.69) is 9.88 Å². The molecule has 1 N–H and O–H groups in total. The van der Waals surface area contributed by atoms with Crippen molar-refractivity contribution in [3.63, 3.8) is 0 Å². The van der Waals surface area contributed by atoms with Gasteiger partial charge in [-0.1, -0.05) is 32.1 Å². The Balaban J connectivity index is 1.63. The fourth-order valence-corrected chi connectivity index (χ4v) is 4.72. The molecule has 0 unspecified atom stereocenters. The summed E-state index contributed by atoms with van der Waals surface area (Å²) >= 11 is 0. The highest BCUT2D eigenvalue weighted by molar-refractivity contribution is 5.22. The minimum atomic E-state index is 0.749. The second-order valence-corrected chi connectivity index (χ2v) is 7.39. The molecule has 3 heteroatoms. The second kappa shape index (κ2) is 6.12. The molecule has 21 heavy (non-hydrogen) atoms. The first kappa shape index (κ1) is 13.8. The fraction of sp³-hybridized carbons (Fsp3) is 0.833. The van der Waals surface area contributed by atoms with Gasteiger partial charge in [0.05, 0.1) is 5.69 Å². The van der Waals surface area contributed by atoms with Crippen LogP contribution in [0.15, 0.2) is 0 Å². The fourth-order valence-electron chi connectivity index (χ4n) is 4.72. The van der Waals surface area contributed by atoms with Crippen molar-refractivity contribution in [2.45, 2.75) is 83.2 Å². The Kier molecular flexibility index (Phi) is 4.02. The number of nitrogens with zero attached hydrogens (tertiary/aromatic N) is 2. The van der Waals surface area contributed by atoms with Crippen molar-refractivity contribution in [2.24, 2.45) is 5.92 Å². The highest BCUT2D eigenvalue weighted by Gasteiger charge is 2.28. The molecule has 2 saturated carbocycles. The van der Waals surface area contributed by atoms with Crippen molar-refractivity contribution in [3.05, 3.63) is 17.2 Å². The van der Waals surface area contributed by atoms with E-state index in [4.69, 9.17) is 4.98 Å². The third-order valence-corrected chi connectivity index (χ3v) is 5.90. The number of hydrogen-bond donors (Lipinski definition) is 1. The minimum absolute atomic E-state index is 0.749. The first-order valence-corrected chi connectivity index (χ1v) is 9.20. The first-order chi connectivity index (χ1) is 10.4. The standard InChI is InChI=1S/C18H29N3/c1-2-6-14(7-3-1)13-21-17-10-11-19-12-16(17)20-18(21)15-8-4-5-9-15/h14-15,19H,1-13H2. The van der Waals surface area contributed by atoms with Crippen molar-refractivity contribution >= 4 is 0 Å². The van der Waals surface area contributed by atoms with Gasteiger partial charge in [0.25, 0.3) is 0 Å². The van der Waals surface area contributed by atoms with Crippen LogP contribution >= 0.6 is 0 Å². The lowest BCUT2D eigenvalue weighted by atomic mass is 9.89. The van der Waals surface area contributed by atoms with Gasteiger partial charge in [-0.15, -0.1) is 0 Å². The highest BCUT2D eigenvalue weighted by atomic mass is 15.1. The average Bonchev–Trinajstić information content (AvgIpc) is 3.16. The van der Waals surface area contributed by atoms with Gasteiger partial charge in [0, 0.05) is 37.7 Å². The number of fused-ring (bicyclic) bond motifs is 1. The third kappa shape index (κ3) is 2.77. The molecule has 0 radical (unpaired) electrons. The lowest BCUT2D eigenvalue weighted by Gasteiger charge is -2.25. The van der Waals surface area contributed by atoms with Crippen LogP contribution < -0.4 is 5.32 Å². The van der Waals surface area contributed by atoms with Crippen LogP contribution in [0.3, 0.4) is 0 Å². The van der Waals surface area contributed by atoms with Crippen molar-refractivity contribution in [1.29, 1.82) is 0 Å². The van der Waals surface area contributed by atoms with E-state index in [1.165, 1.54) is 82.3 Å². The Morgan fingerprint density at radius 2 is 1.76 bits per heavy atom. The molecule has 2 heterocycles. The zero-order chi connectivity index (χ0) is 14.1. The van der Waals surface area contributed by atoms with Crippen LogP contribution in [-0.4, -0.2) is 16.1 Å². The van der Waals surface area contributed by atoms with Gasteiger partial charge in [-0.25, -0.2) is 4.98 Å². The van der Waals surface area contributed by atoms with Gasteiger partial charge in [0.2, 0.25) is 0 Å². The Morgan fingerprint density at radius 3 is 2.57 bits per heavy atom. The molecule has 0 saturated heterocycles. The van der Waals surface area contributed by atoms with Crippen LogP contribution in [0.1, 0.15) is 80.9 Å². The minimum Gasteiger partial charge on any atom is -0.331 e. The topological polar surface area (TPSA) is 29.9 Å². The molecule has 4 rings (SSSR count). The molecular weight excluding hydrogens is 258 g/mol. The van der Waals surface area contributed by atoms with Crippen molar-refractivity contribution in [1.82, 2.24) is 14.9 Å². The summed E-state index contributed by atoms with van der Waals surface area (Å²) in [5.74, 6) is 3.11. The normalized spacial score (nSPS) is 24.4. The molecule has 0 bridgehead atoms. The van der Waals surface area contributed by atoms with E-state index in [0.29, 0.717) is 0 Å². The number of imidazole rings is 1. The molecular formula is C18H29N3. The lowest BCUT2D eigenvalue weighted by Crippen LogP contribution is -2.26. The Hall–Kier alpha value is -0.830. The van der Waals surface area contributed by atoms with Crippen LogP contribution in [0.5, 0.6) is 0 Å². The molecule has 1 aromatic rings. The Labute approximate surface area is 128 Å². The third-order valence-electron chi connectivity index (χ3n) is 5.90. The van der Waals surface area contributed by atoms with E-state index >= 15 is 0 Å². The Bertz CT molecular complexity index is 479. The molecule has 0 atom stereocenters. The molecule has 0 amide bonds. The molecule has 116 valence electrons. The lowest BCUT2D eigenvalue weighted by molar-refractivity contribution is 0.310. The number of aromatic nitrogens is 2. The molecule has 2 fully saturated rings. The molecule has 0 aromatic carbocycles. The van der Waals surface area contributed by atoms with E-state index in [0.717, 1.165) is 24.9 Å². The van der Waals surface area contributed by atoms with Crippen LogP contribution in [0.4, 0.5) is 0 Å². The van der Waals surface area contributed by atoms with Crippen LogP contribution in [0, 0.1) is 5.92 Å². The monoisotopic (exact) mass is 287 g/mol. The van der Waals surface area contributed by atoms with Gasteiger partial charge in [-0.3, -0.25) is 0 Å². The number of hydrogen-bond acceptors (Lipinski definition) is 2. The maximum absolute atomic E-state index is 5.10. The van der Waals surface area contributed by atoms with Gasteiger partial charge < -0.3 is 9.88 Å². The summed E-state index contributed by atoms with van der Waals surface area (Å²) in [4.78, 5) is 5.10. The Morgan fingerprint density at radius 1 is 1.00 bits per heavy atom. The number of nitrogens with one attached hydrogen (secondary N) is 1. The van der Waals surface area contributed by atoms with E-state index in [1.54, 1.807) is 5.69 Å². The van der Waals surface area contributed by atoms with E-state index < -0.39 is 0 Å². The van der Waals surface area contributed by atoms with Crippen LogP contribution in [0.2, 0.25) is 0 Å². The van der Waals surface area contributed by atoms with E-state index in [9.17, 15) is 0 Å². The summed E-state index contributed by atoms with van der Waals surface area (Å²) in [6.07, 6.45) is 14.0. The smallest absolute Gasteiger partial charge is 0.112 e. The second-order valence-electron chi connectivity index (χ2n) is 7.39. The van der Waals surface area contributed by atoms with E-state index in [-0.39, 0.29) is 0 Å². The zero-order valence-corrected chi connectivity index (χ0v) is 13.2. The largest absolute Gasteiger partial charge is 0.331 e. The number of rotatable bonds is 3. The van der Waals surface area contributed by atoms with Crippen molar-refractivity contribution in [3.8, 4) is 0 Å². The summed E-state index contributed by atoms with van der Waals surface area (Å²) in [6.45, 7) is 3.38. The summed E-state index contributed by atoms with van der Waals surface area (Å²) in [5.41, 5.74) is 2.93. The van der Waals surface area contributed by atoms with Crippen molar-refractivity contribution in [2.75, 3.05) is 6.54 Å². The quantitative estimate of drug-likeness (QED) is 0.917. The van der Waals surface area contributed by atoms with Gasteiger partial charge in [-0.2, -0.15) is 0 Å². The predicted molar refractivity (Wildman–Crippen MR) is 85.4 cm³/mol. The first-order valence-electron chi connectivity index (χ1n) is 9.20. The summed E-state index contributed by atoms with van der Waals surface area (Å²) < 4.78 is 2.68. The van der Waals surface area contributed by atoms with Crippen LogP contribution in [0.25, 0.3) is 0 Å². The SMILES string of the molecule is C1CCC(Cn2c(C3CCCC3)nc3c2CCNC3)CC1. The highest BCUT2D eigenvalue weighted by Crippen LogP contribution is 2.36. The molecule has 1 aliphatic heterocycles. The van der Waals surface area contributed by atoms with Gasteiger partial charge in [-0.05, 0) is 31.6 Å². The molecule has 0 spiro atoms. The maximum Gasteiger partial charge on any atom is 0.112 e. The van der Waals surface area contributed by atoms with Crippen molar-refractivity contribution < 1.29 is 0 Å². The summed E-state index contributed by atoms with van der Waals surface area (Å²) in [7, 11) is 0. The van der Waals surface area contributed by atoms with E-state index in [1.807, 2.05) is 0 Å². The predicted octanol–water partition coefficient (Wildman–Crippen LogP) is 3.77. The molecule has 3 aliphatic rings. The van der Waals surface area contributed by atoms with Gasteiger partial charge in [0.1, 0.15) is 5.82 Å².